The summed E-state index contributed by atoms with van der Waals surface area (Å²) in [5.74, 6) is 0.0459. The third kappa shape index (κ3) is 3.61. The molecule has 3 aromatic rings. The second-order valence-corrected chi connectivity index (χ2v) is 9.22. The van der Waals surface area contributed by atoms with Gasteiger partial charge in [0, 0.05) is 5.92 Å². The number of nitrogens with zero attached hydrogens (tertiary/aromatic N) is 1. The zero-order chi connectivity index (χ0) is 23.1. The maximum Gasteiger partial charge on any atom is 0.410 e. The van der Waals surface area contributed by atoms with Crippen LogP contribution in [0.25, 0.3) is 16.7 Å². The van der Waals surface area contributed by atoms with Gasteiger partial charge in [-0.2, -0.15) is 0 Å². The molecule has 5 nitrogen and oxygen atoms in total. The first-order valence-electron chi connectivity index (χ1n) is 11.8. The molecule has 0 radical (unpaired) electrons. The van der Waals surface area contributed by atoms with Gasteiger partial charge in [0.25, 0.3) is 0 Å². The van der Waals surface area contributed by atoms with Crippen molar-refractivity contribution < 1.29 is 19.4 Å². The fraction of sp³-hybridized carbons (Fsp3) is 0.276. The molecular formula is C29H27NO4. The highest BCUT2D eigenvalue weighted by Gasteiger charge is 2.40. The lowest BCUT2D eigenvalue weighted by Crippen LogP contribution is -2.56. The molecule has 2 atom stereocenters. The standard InChI is InChI=1S/C29H27NO4/c31-15-19-6-5-7-20(12-19)21-13-22-16-33-17-23(14-21)30(22)29(32)34-18-28-26-10-3-1-8-24(26)25-9-2-4-11-27(25)28/h1-13,22-23,28,31H,14-18H2. The van der Waals surface area contributed by atoms with E-state index in [1.54, 1.807) is 0 Å². The number of rotatable bonds is 4. The van der Waals surface area contributed by atoms with Crippen molar-refractivity contribution in [2.24, 2.45) is 0 Å². The van der Waals surface area contributed by atoms with Crippen molar-refractivity contribution in [1.29, 1.82) is 0 Å². The molecule has 2 bridgehead atoms. The molecule has 1 amide bonds. The number of hydrogen-bond donors (Lipinski definition) is 1. The van der Waals surface area contributed by atoms with E-state index in [-0.39, 0.29) is 30.7 Å². The Morgan fingerprint density at radius 1 is 0.971 bits per heavy atom. The quantitative estimate of drug-likeness (QED) is 0.605. The lowest BCUT2D eigenvalue weighted by atomic mass is 9.89. The Labute approximate surface area is 199 Å². The molecule has 0 saturated carbocycles. The maximum atomic E-state index is 13.3. The van der Waals surface area contributed by atoms with Crippen molar-refractivity contribution in [3.05, 3.63) is 101 Å². The second kappa shape index (κ2) is 8.75. The largest absolute Gasteiger partial charge is 0.448 e. The fourth-order valence-corrected chi connectivity index (χ4v) is 5.63. The highest BCUT2D eigenvalue weighted by molar-refractivity contribution is 5.79. The highest BCUT2D eigenvalue weighted by Crippen LogP contribution is 2.44. The Kier molecular flexibility index (Phi) is 5.44. The molecule has 172 valence electrons. The molecule has 3 aromatic carbocycles. The first-order valence-corrected chi connectivity index (χ1v) is 11.8. The number of morpholine rings is 1. The molecule has 1 fully saturated rings. The summed E-state index contributed by atoms with van der Waals surface area (Å²) in [6.45, 7) is 1.29. The van der Waals surface area contributed by atoms with E-state index in [1.165, 1.54) is 27.8 Å². The summed E-state index contributed by atoms with van der Waals surface area (Å²) in [4.78, 5) is 15.2. The van der Waals surface area contributed by atoms with Gasteiger partial charge in [0.1, 0.15) is 6.61 Å². The minimum absolute atomic E-state index is 0.0168. The SMILES string of the molecule is O=C(OCC1c2ccccc2-c2ccccc21)N1C2C=C(c3cccc(CO)c3)CC1COC2. The van der Waals surface area contributed by atoms with Crippen LogP contribution in [0.15, 0.2) is 78.9 Å². The van der Waals surface area contributed by atoms with E-state index in [4.69, 9.17) is 9.47 Å². The number of fused-ring (bicyclic) bond motifs is 5. The summed E-state index contributed by atoms with van der Waals surface area (Å²) >= 11 is 0. The normalized spacial score (nSPS) is 21.0. The van der Waals surface area contributed by atoms with E-state index in [2.05, 4.69) is 48.5 Å². The zero-order valence-electron chi connectivity index (χ0n) is 18.9. The molecule has 3 aliphatic rings. The third-order valence-electron chi connectivity index (χ3n) is 7.23. The number of carbonyl (C=O) groups excluding carboxylic acids is 1. The van der Waals surface area contributed by atoms with Gasteiger partial charge in [-0.3, -0.25) is 4.90 Å². The molecule has 1 aliphatic carbocycles. The lowest BCUT2D eigenvalue weighted by Gasteiger charge is -2.44. The van der Waals surface area contributed by atoms with E-state index in [0.717, 1.165) is 11.1 Å². The molecule has 34 heavy (non-hydrogen) atoms. The Balaban J connectivity index is 1.22. The minimum atomic E-state index is -0.278. The maximum absolute atomic E-state index is 13.3. The van der Waals surface area contributed by atoms with E-state index >= 15 is 0 Å². The average Bonchev–Trinajstić information content (AvgIpc) is 3.20. The van der Waals surface area contributed by atoms with Crippen molar-refractivity contribution in [1.82, 2.24) is 4.90 Å². The number of hydrogen-bond acceptors (Lipinski definition) is 4. The fourth-order valence-electron chi connectivity index (χ4n) is 5.63. The highest BCUT2D eigenvalue weighted by atomic mass is 16.6. The van der Waals surface area contributed by atoms with Crippen LogP contribution in [0.5, 0.6) is 0 Å². The van der Waals surface area contributed by atoms with Crippen molar-refractivity contribution in [3.63, 3.8) is 0 Å². The van der Waals surface area contributed by atoms with E-state index in [1.807, 2.05) is 35.2 Å². The van der Waals surface area contributed by atoms with Gasteiger partial charge >= 0.3 is 6.09 Å². The van der Waals surface area contributed by atoms with Gasteiger partial charge in [0.15, 0.2) is 0 Å². The van der Waals surface area contributed by atoms with Crippen molar-refractivity contribution >= 4 is 11.7 Å². The van der Waals surface area contributed by atoms with Gasteiger partial charge in [-0.15, -0.1) is 0 Å². The van der Waals surface area contributed by atoms with Crippen molar-refractivity contribution in [3.8, 4) is 11.1 Å². The second-order valence-electron chi connectivity index (χ2n) is 9.22. The van der Waals surface area contributed by atoms with E-state index < -0.39 is 0 Å². The predicted molar refractivity (Wildman–Crippen MR) is 130 cm³/mol. The van der Waals surface area contributed by atoms with Crippen LogP contribution in [-0.2, 0) is 16.1 Å². The predicted octanol–water partition coefficient (Wildman–Crippen LogP) is 4.98. The zero-order valence-corrected chi connectivity index (χ0v) is 18.9. The van der Waals surface area contributed by atoms with Crippen LogP contribution < -0.4 is 0 Å². The van der Waals surface area contributed by atoms with Crippen LogP contribution >= 0.6 is 0 Å². The van der Waals surface area contributed by atoms with E-state index in [0.29, 0.717) is 26.2 Å². The van der Waals surface area contributed by atoms with E-state index in [9.17, 15) is 9.90 Å². The van der Waals surface area contributed by atoms with Gasteiger partial charge < -0.3 is 14.6 Å². The molecule has 0 spiro atoms. The summed E-state index contributed by atoms with van der Waals surface area (Å²) < 4.78 is 11.7. The van der Waals surface area contributed by atoms with Crippen LogP contribution in [0.4, 0.5) is 4.79 Å². The Morgan fingerprint density at radius 3 is 2.41 bits per heavy atom. The number of benzene rings is 3. The smallest absolute Gasteiger partial charge is 0.410 e. The number of ether oxygens (including phenoxy) is 2. The lowest BCUT2D eigenvalue weighted by molar-refractivity contribution is -0.0331. The molecule has 2 unspecified atom stereocenters. The van der Waals surface area contributed by atoms with Crippen molar-refractivity contribution in [2.45, 2.75) is 31.0 Å². The van der Waals surface area contributed by atoms with Crippen LogP contribution in [0.3, 0.4) is 0 Å². The number of aliphatic hydroxyl groups is 1. The van der Waals surface area contributed by atoms with Crippen LogP contribution in [0.1, 0.15) is 34.6 Å². The van der Waals surface area contributed by atoms with Gasteiger partial charge in [-0.1, -0.05) is 72.8 Å². The summed E-state index contributed by atoms with van der Waals surface area (Å²) in [5.41, 5.74) is 8.04. The Bertz CT molecular complexity index is 1220. The van der Waals surface area contributed by atoms with Gasteiger partial charge in [0.05, 0.1) is 31.9 Å². The van der Waals surface area contributed by atoms with Gasteiger partial charge in [-0.25, -0.2) is 4.79 Å². The summed E-state index contributed by atoms with van der Waals surface area (Å²) in [5, 5.41) is 9.50. The first-order chi connectivity index (χ1) is 16.7. The molecular weight excluding hydrogens is 426 g/mol. The topological polar surface area (TPSA) is 59.0 Å². The summed E-state index contributed by atoms with van der Waals surface area (Å²) in [6.07, 6.45) is 2.54. The molecule has 0 aromatic heterocycles. The number of amides is 1. The number of aliphatic hydroxyl groups excluding tert-OH is 1. The monoisotopic (exact) mass is 453 g/mol. The van der Waals surface area contributed by atoms with Gasteiger partial charge in [-0.05, 0) is 51.4 Å². The van der Waals surface area contributed by atoms with Gasteiger partial charge in [0.2, 0.25) is 0 Å². The third-order valence-corrected chi connectivity index (χ3v) is 7.23. The number of carbonyl (C=O) groups is 1. The van der Waals surface area contributed by atoms with Crippen molar-refractivity contribution in [2.75, 3.05) is 19.8 Å². The molecule has 5 heteroatoms. The molecule has 6 rings (SSSR count). The average molecular weight is 454 g/mol. The van der Waals surface area contributed by atoms with Crippen LogP contribution in [-0.4, -0.2) is 48.0 Å². The Hall–Kier alpha value is -3.41. The molecule has 1 saturated heterocycles. The molecule has 2 heterocycles. The Morgan fingerprint density at radius 2 is 1.71 bits per heavy atom. The summed E-state index contributed by atoms with van der Waals surface area (Å²) in [7, 11) is 0. The first kappa shape index (κ1) is 21.1. The molecule has 1 N–H and O–H groups in total. The minimum Gasteiger partial charge on any atom is -0.448 e. The summed E-state index contributed by atoms with van der Waals surface area (Å²) in [6, 6.07) is 24.5. The van der Waals surface area contributed by atoms with Crippen LogP contribution in [0, 0.1) is 0 Å². The molecule has 2 aliphatic heterocycles. The van der Waals surface area contributed by atoms with Crippen LogP contribution in [0.2, 0.25) is 0 Å².